The molecular formula is C23H28N2OS. The van der Waals surface area contributed by atoms with Gasteiger partial charge in [-0.3, -0.25) is 5.43 Å². The molecule has 0 radical (unpaired) electrons. The van der Waals surface area contributed by atoms with Crippen LogP contribution in [0.15, 0.2) is 53.6 Å². The lowest BCUT2D eigenvalue weighted by molar-refractivity contribution is 0.173. The van der Waals surface area contributed by atoms with Crippen LogP contribution in [0.25, 0.3) is 0 Å². The van der Waals surface area contributed by atoms with Crippen molar-refractivity contribution in [3.05, 3.63) is 70.8 Å². The molecule has 0 bridgehead atoms. The van der Waals surface area contributed by atoms with Crippen molar-refractivity contribution in [3.63, 3.8) is 0 Å². The molecule has 2 unspecified atom stereocenters. The molecule has 2 atom stereocenters. The van der Waals surface area contributed by atoms with E-state index in [1.165, 1.54) is 48.8 Å². The second-order valence-corrected chi connectivity index (χ2v) is 8.69. The largest absolute Gasteiger partial charge is 0.388 e. The lowest BCUT2D eigenvalue weighted by atomic mass is 9.84. The average Bonchev–Trinajstić information content (AvgIpc) is 3.24. The summed E-state index contributed by atoms with van der Waals surface area (Å²) in [5.41, 5.74) is 8.08. The number of benzene rings is 2. The molecule has 142 valence electrons. The van der Waals surface area contributed by atoms with Crippen LogP contribution in [0.4, 0.5) is 0 Å². The molecule has 2 aromatic carbocycles. The van der Waals surface area contributed by atoms with Gasteiger partial charge in [0.1, 0.15) is 10.4 Å². The van der Waals surface area contributed by atoms with E-state index in [1.54, 1.807) is 11.8 Å². The van der Waals surface area contributed by atoms with Gasteiger partial charge in [0, 0.05) is 5.56 Å². The summed E-state index contributed by atoms with van der Waals surface area (Å²) in [7, 11) is 0. The Morgan fingerprint density at radius 3 is 2.33 bits per heavy atom. The van der Waals surface area contributed by atoms with E-state index in [0.29, 0.717) is 0 Å². The van der Waals surface area contributed by atoms with Gasteiger partial charge in [0.25, 0.3) is 0 Å². The number of hydrazone groups is 1. The van der Waals surface area contributed by atoms with Crippen LogP contribution in [0.2, 0.25) is 0 Å². The summed E-state index contributed by atoms with van der Waals surface area (Å²) in [5.74, 6) is 0.744. The highest BCUT2D eigenvalue weighted by molar-refractivity contribution is 8.14. The van der Waals surface area contributed by atoms with Crippen molar-refractivity contribution in [1.82, 2.24) is 5.43 Å². The molecule has 2 N–H and O–H groups in total. The van der Waals surface area contributed by atoms with Crippen molar-refractivity contribution < 1.29 is 5.11 Å². The van der Waals surface area contributed by atoms with Crippen LogP contribution in [0.5, 0.6) is 0 Å². The fourth-order valence-electron chi connectivity index (χ4n) is 4.02. The highest BCUT2D eigenvalue weighted by Crippen LogP contribution is 2.36. The Labute approximate surface area is 166 Å². The number of nitrogens with zero attached hydrogens (tertiary/aromatic N) is 1. The van der Waals surface area contributed by atoms with Crippen molar-refractivity contribution in [2.75, 3.05) is 0 Å². The zero-order valence-corrected chi connectivity index (χ0v) is 16.7. The number of aliphatic hydroxyl groups excluding tert-OH is 1. The molecule has 2 aromatic rings. The Kier molecular flexibility index (Phi) is 5.84. The molecular weight excluding hydrogens is 352 g/mol. The first kappa shape index (κ1) is 18.6. The fourth-order valence-corrected chi connectivity index (χ4v) is 5.02. The van der Waals surface area contributed by atoms with Gasteiger partial charge in [0.2, 0.25) is 0 Å². The molecule has 4 rings (SSSR count). The second-order valence-electron chi connectivity index (χ2n) is 7.59. The molecule has 1 heterocycles. The normalized spacial score (nSPS) is 21.6. The van der Waals surface area contributed by atoms with Crippen molar-refractivity contribution in [2.24, 2.45) is 5.10 Å². The Balaban J connectivity index is 1.40. The standard InChI is InChI=1S/C23H28N2OS/c1-2-21(26)18-10-14-20(15-11-18)23-25-24-22(27-23)19-12-8-17(9-13-19)16-6-4-3-5-7-16/h8-16,21,23,25-26H,2-7H2,1H3. The Hall–Kier alpha value is -1.78. The minimum absolute atomic E-state index is 0.130. The number of aliphatic hydroxyl groups is 1. The third-order valence-corrected chi connectivity index (χ3v) is 6.92. The van der Waals surface area contributed by atoms with E-state index >= 15 is 0 Å². The van der Waals surface area contributed by atoms with Crippen LogP contribution in [0.3, 0.4) is 0 Å². The Morgan fingerprint density at radius 1 is 1.00 bits per heavy atom. The molecule has 1 aliphatic carbocycles. The Bertz CT molecular complexity index is 779. The van der Waals surface area contributed by atoms with Crippen LogP contribution < -0.4 is 5.43 Å². The monoisotopic (exact) mass is 380 g/mol. The molecule has 4 heteroatoms. The highest BCUT2D eigenvalue weighted by atomic mass is 32.2. The maximum absolute atomic E-state index is 9.95. The van der Waals surface area contributed by atoms with Crippen molar-refractivity contribution in [1.29, 1.82) is 0 Å². The third-order valence-electron chi connectivity index (χ3n) is 5.76. The molecule has 1 fully saturated rings. The Morgan fingerprint density at radius 2 is 1.67 bits per heavy atom. The smallest absolute Gasteiger partial charge is 0.126 e. The predicted molar refractivity (Wildman–Crippen MR) is 114 cm³/mol. The van der Waals surface area contributed by atoms with Gasteiger partial charge in [0.15, 0.2) is 0 Å². The first-order valence-electron chi connectivity index (χ1n) is 10.1. The average molecular weight is 381 g/mol. The molecule has 2 aliphatic rings. The summed E-state index contributed by atoms with van der Waals surface area (Å²) in [6.45, 7) is 1.99. The molecule has 0 saturated heterocycles. The van der Waals surface area contributed by atoms with Crippen LogP contribution in [-0.2, 0) is 0 Å². The number of nitrogens with one attached hydrogen (secondary N) is 1. The van der Waals surface area contributed by atoms with Gasteiger partial charge >= 0.3 is 0 Å². The van der Waals surface area contributed by atoms with E-state index in [1.807, 2.05) is 19.1 Å². The molecule has 27 heavy (non-hydrogen) atoms. The van der Waals surface area contributed by atoms with Crippen LogP contribution in [-0.4, -0.2) is 10.2 Å². The van der Waals surface area contributed by atoms with Gasteiger partial charge < -0.3 is 5.11 Å². The maximum atomic E-state index is 9.95. The molecule has 1 saturated carbocycles. The molecule has 0 spiro atoms. The van der Waals surface area contributed by atoms with Gasteiger partial charge in [-0.05, 0) is 41.9 Å². The topological polar surface area (TPSA) is 44.6 Å². The van der Waals surface area contributed by atoms with Crippen LogP contribution >= 0.6 is 11.8 Å². The fraction of sp³-hybridized carbons (Fsp3) is 0.435. The van der Waals surface area contributed by atoms with E-state index < -0.39 is 0 Å². The quantitative estimate of drug-likeness (QED) is 0.681. The van der Waals surface area contributed by atoms with Crippen LogP contribution in [0.1, 0.15) is 85.1 Å². The SMILES string of the molecule is CCC(O)c1ccc(C2NN=C(c3ccc(C4CCCCC4)cc3)S2)cc1. The van der Waals surface area contributed by atoms with Gasteiger partial charge in [-0.2, -0.15) is 5.10 Å². The highest BCUT2D eigenvalue weighted by Gasteiger charge is 2.23. The summed E-state index contributed by atoms with van der Waals surface area (Å²) in [6.07, 6.45) is 7.16. The molecule has 0 aromatic heterocycles. The number of hydrogen-bond acceptors (Lipinski definition) is 4. The van der Waals surface area contributed by atoms with E-state index in [4.69, 9.17) is 0 Å². The van der Waals surface area contributed by atoms with E-state index in [0.717, 1.165) is 22.9 Å². The van der Waals surface area contributed by atoms with Crippen molar-refractivity contribution in [3.8, 4) is 0 Å². The minimum Gasteiger partial charge on any atom is -0.388 e. The van der Waals surface area contributed by atoms with E-state index in [-0.39, 0.29) is 11.5 Å². The number of hydrogen-bond donors (Lipinski definition) is 2. The minimum atomic E-state index is -0.377. The second kappa shape index (κ2) is 8.49. The number of rotatable bonds is 5. The lowest BCUT2D eigenvalue weighted by Gasteiger charge is -2.22. The van der Waals surface area contributed by atoms with E-state index in [2.05, 4.69) is 46.9 Å². The summed E-state index contributed by atoms with van der Waals surface area (Å²) < 4.78 is 0. The van der Waals surface area contributed by atoms with Crippen LogP contribution in [0, 0.1) is 0 Å². The first-order valence-corrected chi connectivity index (χ1v) is 11.0. The maximum Gasteiger partial charge on any atom is 0.126 e. The summed E-state index contributed by atoms with van der Waals surface area (Å²) in [6, 6.07) is 17.2. The van der Waals surface area contributed by atoms with E-state index in [9.17, 15) is 5.11 Å². The molecule has 1 aliphatic heterocycles. The molecule has 3 nitrogen and oxygen atoms in total. The summed E-state index contributed by atoms with van der Waals surface area (Å²) >= 11 is 1.75. The predicted octanol–water partition coefficient (Wildman–Crippen LogP) is 5.87. The first-order chi connectivity index (χ1) is 13.2. The zero-order valence-electron chi connectivity index (χ0n) is 15.9. The van der Waals surface area contributed by atoms with Crippen molar-refractivity contribution in [2.45, 2.75) is 62.8 Å². The van der Waals surface area contributed by atoms with Gasteiger partial charge in [0.05, 0.1) is 6.10 Å². The van der Waals surface area contributed by atoms with Crippen molar-refractivity contribution >= 4 is 16.8 Å². The summed E-state index contributed by atoms with van der Waals surface area (Å²) in [4.78, 5) is 0. The zero-order chi connectivity index (χ0) is 18.6. The van der Waals surface area contributed by atoms with Gasteiger partial charge in [-0.15, -0.1) is 0 Å². The van der Waals surface area contributed by atoms with Gasteiger partial charge in [-0.25, -0.2) is 0 Å². The number of thioether (sulfide) groups is 1. The summed E-state index contributed by atoms with van der Waals surface area (Å²) in [5, 5.41) is 15.7. The third kappa shape index (κ3) is 4.22. The lowest BCUT2D eigenvalue weighted by Crippen LogP contribution is -2.06. The molecule has 0 amide bonds. The van der Waals surface area contributed by atoms with Gasteiger partial charge in [-0.1, -0.05) is 86.5 Å².